The molecule has 2 aromatic rings. The van der Waals surface area contributed by atoms with Gasteiger partial charge in [0.05, 0.1) is 22.8 Å². The Labute approximate surface area is 158 Å². The molecule has 1 aliphatic rings. The third-order valence-electron chi connectivity index (χ3n) is 4.20. The average molecular weight is 393 g/mol. The summed E-state index contributed by atoms with van der Waals surface area (Å²) in [4.78, 5) is 23.8. The second-order valence-electron chi connectivity index (χ2n) is 6.04. The van der Waals surface area contributed by atoms with Crippen LogP contribution in [-0.4, -0.2) is 30.8 Å². The van der Waals surface area contributed by atoms with Crippen molar-refractivity contribution >= 4 is 23.2 Å². The molecule has 1 amide bonds. The number of cyclic esters (lactones) is 1. The number of non-ortho nitro benzene ring substituents is 1. The van der Waals surface area contributed by atoms with Gasteiger partial charge in [0.15, 0.2) is 0 Å². The number of alkyl halides is 2. The minimum atomic E-state index is -2.93. The van der Waals surface area contributed by atoms with E-state index in [-0.39, 0.29) is 30.6 Å². The number of carbonyl (C=O) groups is 1. The highest BCUT2D eigenvalue weighted by atomic mass is 19.3. The zero-order valence-electron chi connectivity index (χ0n) is 14.8. The standard InChI is InChI=1S/C18H17F2N3O5/c1-11(12-3-2-4-14(9-12)28-17(19)20)21-15-6-5-13(23(25)26)10-16(15)22-7-8-27-18(22)24/h2-6,9-11,17,21H,7-8H2,1H3. The molecular weight excluding hydrogens is 376 g/mol. The van der Waals surface area contributed by atoms with Gasteiger partial charge in [-0.1, -0.05) is 12.1 Å². The van der Waals surface area contributed by atoms with Crippen molar-refractivity contribution < 1.29 is 28.0 Å². The van der Waals surface area contributed by atoms with E-state index in [1.165, 1.54) is 35.2 Å². The van der Waals surface area contributed by atoms with Gasteiger partial charge in [-0.3, -0.25) is 15.0 Å². The van der Waals surface area contributed by atoms with Crippen molar-refractivity contribution in [1.29, 1.82) is 0 Å². The van der Waals surface area contributed by atoms with Crippen LogP contribution in [0.15, 0.2) is 42.5 Å². The van der Waals surface area contributed by atoms with Crippen LogP contribution in [0.2, 0.25) is 0 Å². The Morgan fingerprint density at radius 1 is 1.29 bits per heavy atom. The summed E-state index contributed by atoms with van der Waals surface area (Å²) in [5.41, 5.74) is 1.27. The predicted octanol–water partition coefficient (Wildman–Crippen LogP) is 4.33. The number of hydrogen-bond donors (Lipinski definition) is 1. The Morgan fingerprint density at radius 2 is 2.07 bits per heavy atom. The van der Waals surface area contributed by atoms with Crippen molar-refractivity contribution in [3.8, 4) is 5.75 Å². The first kappa shape index (κ1) is 19.3. The van der Waals surface area contributed by atoms with E-state index < -0.39 is 17.6 Å². The van der Waals surface area contributed by atoms with Gasteiger partial charge < -0.3 is 14.8 Å². The van der Waals surface area contributed by atoms with Crippen LogP contribution >= 0.6 is 0 Å². The van der Waals surface area contributed by atoms with E-state index in [1.54, 1.807) is 19.1 Å². The molecule has 1 saturated heterocycles. The lowest BCUT2D eigenvalue weighted by Crippen LogP contribution is -2.25. The van der Waals surface area contributed by atoms with Crippen molar-refractivity contribution in [2.45, 2.75) is 19.6 Å². The summed E-state index contributed by atoms with van der Waals surface area (Å²) in [6.07, 6.45) is -0.594. The van der Waals surface area contributed by atoms with Gasteiger partial charge in [0, 0.05) is 18.2 Å². The van der Waals surface area contributed by atoms with Crippen molar-refractivity contribution in [2.75, 3.05) is 23.4 Å². The maximum absolute atomic E-state index is 12.4. The SMILES string of the molecule is CC(Nc1ccc([N+](=O)[O-])cc1N1CCOC1=O)c1cccc(OC(F)F)c1. The van der Waals surface area contributed by atoms with Crippen LogP contribution in [0.25, 0.3) is 0 Å². The van der Waals surface area contributed by atoms with Gasteiger partial charge in [-0.2, -0.15) is 8.78 Å². The third kappa shape index (κ3) is 4.27. The molecule has 148 valence electrons. The molecule has 1 aliphatic heterocycles. The maximum atomic E-state index is 12.4. The van der Waals surface area contributed by atoms with E-state index in [1.807, 2.05) is 0 Å². The molecule has 2 aromatic carbocycles. The van der Waals surface area contributed by atoms with E-state index in [0.717, 1.165) is 0 Å². The molecule has 1 heterocycles. The number of carbonyl (C=O) groups excluding carboxylic acids is 1. The molecule has 1 unspecified atom stereocenters. The number of nitro benzene ring substituents is 1. The second kappa shape index (κ2) is 8.07. The molecule has 3 rings (SSSR count). The first-order valence-corrected chi connectivity index (χ1v) is 8.39. The van der Waals surface area contributed by atoms with Crippen LogP contribution in [0, 0.1) is 10.1 Å². The van der Waals surface area contributed by atoms with Gasteiger partial charge in [0.2, 0.25) is 0 Å². The fourth-order valence-corrected chi connectivity index (χ4v) is 2.87. The Morgan fingerprint density at radius 3 is 2.71 bits per heavy atom. The summed E-state index contributed by atoms with van der Waals surface area (Å²) >= 11 is 0. The van der Waals surface area contributed by atoms with Crippen LogP contribution in [-0.2, 0) is 4.74 Å². The number of ether oxygens (including phenoxy) is 2. The molecule has 10 heteroatoms. The molecule has 8 nitrogen and oxygen atoms in total. The summed E-state index contributed by atoms with van der Waals surface area (Å²) in [7, 11) is 0. The number of anilines is 2. The molecule has 0 bridgehead atoms. The summed E-state index contributed by atoms with van der Waals surface area (Å²) < 4.78 is 34.2. The van der Waals surface area contributed by atoms with E-state index in [9.17, 15) is 23.7 Å². The van der Waals surface area contributed by atoms with Crippen molar-refractivity contribution in [2.24, 2.45) is 0 Å². The second-order valence-corrected chi connectivity index (χ2v) is 6.04. The van der Waals surface area contributed by atoms with E-state index in [0.29, 0.717) is 16.9 Å². The molecular formula is C18H17F2N3O5. The number of amides is 1. The number of hydrogen-bond acceptors (Lipinski definition) is 6. The van der Waals surface area contributed by atoms with Crippen LogP contribution in [0.3, 0.4) is 0 Å². The van der Waals surface area contributed by atoms with E-state index in [2.05, 4.69) is 10.1 Å². The predicted molar refractivity (Wildman–Crippen MR) is 96.9 cm³/mol. The zero-order valence-corrected chi connectivity index (χ0v) is 14.8. The number of rotatable bonds is 7. The van der Waals surface area contributed by atoms with Gasteiger partial charge in [-0.25, -0.2) is 4.79 Å². The Kier molecular flexibility index (Phi) is 5.57. The average Bonchev–Trinajstić information content (AvgIpc) is 3.07. The van der Waals surface area contributed by atoms with Gasteiger partial charge in [-0.15, -0.1) is 0 Å². The molecule has 0 aromatic heterocycles. The highest BCUT2D eigenvalue weighted by Crippen LogP contribution is 2.34. The summed E-state index contributed by atoms with van der Waals surface area (Å²) in [6.45, 7) is -0.694. The molecule has 1 fully saturated rings. The number of halogens is 2. The fourth-order valence-electron chi connectivity index (χ4n) is 2.87. The van der Waals surface area contributed by atoms with Gasteiger partial charge >= 0.3 is 12.7 Å². The smallest absolute Gasteiger partial charge is 0.414 e. The Balaban J connectivity index is 1.89. The van der Waals surface area contributed by atoms with Gasteiger partial charge in [0.1, 0.15) is 12.4 Å². The van der Waals surface area contributed by atoms with E-state index in [4.69, 9.17) is 4.74 Å². The summed E-state index contributed by atoms with van der Waals surface area (Å²) in [5, 5.41) is 14.3. The lowest BCUT2D eigenvalue weighted by molar-refractivity contribution is -0.384. The highest BCUT2D eigenvalue weighted by Gasteiger charge is 2.28. The number of nitrogens with zero attached hydrogens (tertiary/aromatic N) is 2. The number of benzene rings is 2. The minimum absolute atomic E-state index is 0.0215. The lowest BCUT2D eigenvalue weighted by atomic mass is 10.1. The van der Waals surface area contributed by atoms with Crippen LogP contribution in [0.1, 0.15) is 18.5 Å². The van der Waals surface area contributed by atoms with E-state index >= 15 is 0 Å². The summed E-state index contributed by atoms with van der Waals surface area (Å²) in [5.74, 6) is 0.0215. The fraction of sp³-hybridized carbons (Fsp3) is 0.278. The lowest BCUT2D eigenvalue weighted by Gasteiger charge is -2.22. The molecule has 1 N–H and O–H groups in total. The number of nitrogens with one attached hydrogen (secondary N) is 1. The van der Waals surface area contributed by atoms with Crippen LogP contribution < -0.4 is 15.0 Å². The van der Waals surface area contributed by atoms with Crippen LogP contribution in [0.4, 0.5) is 30.6 Å². The zero-order chi connectivity index (χ0) is 20.3. The molecule has 0 aliphatic carbocycles. The Hall–Kier alpha value is -3.43. The minimum Gasteiger partial charge on any atom is -0.447 e. The molecule has 1 atom stereocenters. The first-order valence-electron chi connectivity index (χ1n) is 8.39. The normalized spacial score (nSPS) is 14.7. The molecule has 0 spiro atoms. The van der Waals surface area contributed by atoms with Gasteiger partial charge in [0.25, 0.3) is 5.69 Å². The van der Waals surface area contributed by atoms with Gasteiger partial charge in [-0.05, 0) is 30.7 Å². The maximum Gasteiger partial charge on any atom is 0.414 e. The summed E-state index contributed by atoms with van der Waals surface area (Å²) in [6, 6.07) is 9.94. The molecule has 0 saturated carbocycles. The molecule has 0 radical (unpaired) electrons. The third-order valence-corrected chi connectivity index (χ3v) is 4.20. The number of nitro groups is 1. The quantitative estimate of drug-likeness (QED) is 0.556. The Bertz CT molecular complexity index is 893. The van der Waals surface area contributed by atoms with Crippen molar-refractivity contribution in [1.82, 2.24) is 0 Å². The van der Waals surface area contributed by atoms with Crippen molar-refractivity contribution in [3.05, 3.63) is 58.1 Å². The monoisotopic (exact) mass is 393 g/mol. The van der Waals surface area contributed by atoms with Crippen LogP contribution in [0.5, 0.6) is 5.75 Å². The largest absolute Gasteiger partial charge is 0.447 e. The topological polar surface area (TPSA) is 93.9 Å². The highest BCUT2D eigenvalue weighted by molar-refractivity contribution is 5.94. The molecule has 28 heavy (non-hydrogen) atoms. The van der Waals surface area contributed by atoms with Crippen molar-refractivity contribution in [3.63, 3.8) is 0 Å². The first-order chi connectivity index (χ1) is 13.3.